The number of nitrogens with zero attached hydrogens (tertiary/aromatic N) is 1. The maximum Gasteiger partial charge on any atom is 0.407 e. The standard InChI is InChI=1S/C17H27N3O4/c1-3-23-17(22)18-9-8-16(21)19-12-14(20-10-4-5-11-20)15-7-6-13(2)24-15/h6-7,14H,3-5,8-12H2,1-2H3,(H,18,22)(H,19,21)/t14-/m1/s1. The average molecular weight is 337 g/mol. The van der Waals surface area contributed by atoms with Crippen LogP contribution in [0.15, 0.2) is 16.5 Å². The van der Waals surface area contributed by atoms with Gasteiger partial charge in [0.25, 0.3) is 0 Å². The molecule has 0 radical (unpaired) electrons. The van der Waals surface area contributed by atoms with Crippen molar-refractivity contribution >= 4 is 12.0 Å². The molecule has 1 aliphatic rings. The third-order valence-electron chi connectivity index (χ3n) is 4.06. The number of aryl methyl sites for hydroxylation is 1. The maximum absolute atomic E-state index is 12.0. The van der Waals surface area contributed by atoms with E-state index in [1.807, 2.05) is 19.1 Å². The number of hydrogen-bond acceptors (Lipinski definition) is 5. The highest BCUT2D eigenvalue weighted by molar-refractivity contribution is 5.77. The number of ether oxygens (including phenoxy) is 1. The van der Waals surface area contributed by atoms with Gasteiger partial charge in [-0.1, -0.05) is 0 Å². The summed E-state index contributed by atoms with van der Waals surface area (Å²) in [6.45, 7) is 6.78. The van der Waals surface area contributed by atoms with Gasteiger partial charge in [0, 0.05) is 19.5 Å². The molecule has 1 fully saturated rings. The second kappa shape index (κ2) is 9.32. The molecule has 1 atom stereocenters. The van der Waals surface area contributed by atoms with Crippen molar-refractivity contribution in [2.75, 3.05) is 32.8 Å². The molecule has 134 valence electrons. The van der Waals surface area contributed by atoms with E-state index in [-0.39, 0.29) is 24.9 Å². The molecule has 2 amide bonds. The first-order valence-corrected chi connectivity index (χ1v) is 8.58. The number of carbonyl (C=O) groups excluding carboxylic acids is 2. The van der Waals surface area contributed by atoms with Crippen LogP contribution < -0.4 is 10.6 Å². The Hall–Kier alpha value is -2.02. The zero-order valence-corrected chi connectivity index (χ0v) is 14.5. The zero-order valence-electron chi connectivity index (χ0n) is 14.5. The molecule has 2 heterocycles. The number of hydrogen-bond donors (Lipinski definition) is 2. The summed E-state index contributed by atoms with van der Waals surface area (Å²) in [7, 11) is 0. The van der Waals surface area contributed by atoms with E-state index in [0.717, 1.165) is 24.6 Å². The molecule has 0 spiro atoms. The second-order valence-electron chi connectivity index (χ2n) is 5.91. The van der Waals surface area contributed by atoms with Crippen LogP contribution in [0.2, 0.25) is 0 Å². The lowest BCUT2D eigenvalue weighted by atomic mass is 10.2. The first-order chi connectivity index (χ1) is 11.6. The fraction of sp³-hybridized carbons (Fsp3) is 0.647. The molecule has 2 rings (SSSR count). The van der Waals surface area contributed by atoms with E-state index in [1.54, 1.807) is 6.92 Å². The fourth-order valence-electron chi connectivity index (χ4n) is 2.85. The van der Waals surface area contributed by atoms with Crippen molar-refractivity contribution in [1.82, 2.24) is 15.5 Å². The molecule has 1 aromatic heterocycles. The van der Waals surface area contributed by atoms with E-state index in [0.29, 0.717) is 13.2 Å². The van der Waals surface area contributed by atoms with Gasteiger partial charge in [-0.05, 0) is 51.9 Å². The maximum atomic E-state index is 12.0. The van der Waals surface area contributed by atoms with Gasteiger partial charge in [0.15, 0.2) is 0 Å². The Labute approximate surface area is 142 Å². The van der Waals surface area contributed by atoms with Crippen molar-refractivity contribution in [3.05, 3.63) is 23.7 Å². The summed E-state index contributed by atoms with van der Waals surface area (Å²) in [6, 6.07) is 3.99. The molecule has 7 nitrogen and oxygen atoms in total. The van der Waals surface area contributed by atoms with E-state index in [9.17, 15) is 9.59 Å². The van der Waals surface area contributed by atoms with Gasteiger partial charge in [0.1, 0.15) is 11.5 Å². The van der Waals surface area contributed by atoms with Crippen molar-refractivity contribution in [2.24, 2.45) is 0 Å². The van der Waals surface area contributed by atoms with Crippen molar-refractivity contribution in [2.45, 2.75) is 39.2 Å². The Morgan fingerprint density at radius 3 is 2.67 bits per heavy atom. The van der Waals surface area contributed by atoms with Crippen LogP contribution in [0.4, 0.5) is 4.79 Å². The summed E-state index contributed by atoms with van der Waals surface area (Å²) in [6.07, 6.45) is 2.08. The third kappa shape index (κ3) is 5.56. The predicted octanol–water partition coefficient (Wildman–Crippen LogP) is 1.98. The summed E-state index contributed by atoms with van der Waals surface area (Å²) in [5, 5.41) is 5.48. The number of furan rings is 1. The molecule has 0 saturated carbocycles. The Morgan fingerprint density at radius 1 is 1.29 bits per heavy atom. The minimum atomic E-state index is -0.494. The van der Waals surface area contributed by atoms with Crippen LogP contribution in [0.25, 0.3) is 0 Å². The van der Waals surface area contributed by atoms with Crippen LogP contribution >= 0.6 is 0 Å². The molecular formula is C17H27N3O4. The molecule has 2 N–H and O–H groups in total. The fourth-order valence-corrected chi connectivity index (χ4v) is 2.85. The molecule has 24 heavy (non-hydrogen) atoms. The van der Waals surface area contributed by atoms with Gasteiger partial charge in [-0.25, -0.2) is 4.79 Å². The second-order valence-corrected chi connectivity index (χ2v) is 5.91. The summed E-state index contributed by atoms with van der Waals surface area (Å²) in [5.41, 5.74) is 0. The zero-order chi connectivity index (χ0) is 17.4. The van der Waals surface area contributed by atoms with Crippen LogP contribution in [0.1, 0.15) is 43.7 Å². The number of likely N-dealkylation sites (tertiary alicyclic amines) is 1. The normalized spacial score (nSPS) is 15.9. The predicted molar refractivity (Wildman–Crippen MR) is 89.6 cm³/mol. The third-order valence-corrected chi connectivity index (χ3v) is 4.06. The van der Waals surface area contributed by atoms with Gasteiger partial charge in [-0.2, -0.15) is 0 Å². The lowest BCUT2D eigenvalue weighted by Crippen LogP contribution is -2.38. The summed E-state index contributed by atoms with van der Waals surface area (Å²) in [5.74, 6) is 1.66. The van der Waals surface area contributed by atoms with Gasteiger partial charge in [0.05, 0.1) is 12.6 Å². The molecule has 0 unspecified atom stereocenters. The smallest absolute Gasteiger partial charge is 0.407 e. The minimum Gasteiger partial charge on any atom is -0.465 e. The molecule has 0 bridgehead atoms. The van der Waals surface area contributed by atoms with Gasteiger partial charge in [0.2, 0.25) is 5.91 Å². The van der Waals surface area contributed by atoms with E-state index in [1.165, 1.54) is 12.8 Å². The van der Waals surface area contributed by atoms with Crippen molar-refractivity contribution < 1.29 is 18.7 Å². The number of carbonyl (C=O) groups is 2. The van der Waals surface area contributed by atoms with Crippen LogP contribution in [-0.2, 0) is 9.53 Å². The van der Waals surface area contributed by atoms with Gasteiger partial charge in [-0.3, -0.25) is 9.69 Å². The minimum absolute atomic E-state index is 0.0585. The Balaban J connectivity index is 1.79. The van der Waals surface area contributed by atoms with Crippen LogP contribution in [0.3, 0.4) is 0 Å². The Bertz CT molecular complexity index is 538. The van der Waals surface area contributed by atoms with E-state index in [2.05, 4.69) is 15.5 Å². The van der Waals surface area contributed by atoms with Crippen molar-refractivity contribution in [3.63, 3.8) is 0 Å². The molecule has 1 aliphatic heterocycles. The molecule has 7 heteroatoms. The van der Waals surface area contributed by atoms with Crippen molar-refractivity contribution in [3.8, 4) is 0 Å². The van der Waals surface area contributed by atoms with Gasteiger partial charge < -0.3 is 19.8 Å². The number of nitrogens with one attached hydrogen (secondary N) is 2. The number of amides is 2. The Morgan fingerprint density at radius 2 is 2.04 bits per heavy atom. The quantitative estimate of drug-likeness (QED) is 0.758. The van der Waals surface area contributed by atoms with E-state index in [4.69, 9.17) is 9.15 Å². The SMILES string of the molecule is CCOC(=O)NCCC(=O)NC[C@H](c1ccc(C)o1)N1CCCC1. The molecule has 1 saturated heterocycles. The van der Waals surface area contributed by atoms with Crippen LogP contribution in [-0.4, -0.2) is 49.7 Å². The first kappa shape index (κ1) is 18.3. The molecule has 0 aliphatic carbocycles. The lowest BCUT2D eigenvalue weighted by Gasteiger charge is -2.26. The number of alkyl carbamates (subject to hydrolysis) is 1. The summed E-state index contributed by atoms with van der Waals surface area (Å²) in [4.78, 5) is 25.5. The molecular weight excluding hydrogens is 310 g/mol. The van der Waals surface area contributed by atoms with E-state index < -0.39 is 6.09 Å². The highest BCUT2D eigenvalue weighted by Crippen LogP contribution is 2.26. The van der Waals surface area contributed by atoms with Crippen LogP contribution in [0, 0.1) is 6.92 Å². The Kier molecular flexibility index (Phi) is 7.11. The van der Waals surface area contributed by atoms with E-state index >= 15 is 0 Å². The average Bonchev–Trinajstić information content (AvgIpc) is 3.20. The molecule has 1 aromatic rings. The number of rotatable bonds is 8. The van der Waals surface area contributed by atoms with Crippen molar-refractivity contribution in [1.29, 1.82) is 0 Å². The highest BCUT2D eigenvalue weighted by Gasteiger charge is 2.26. The van der Waals surface area contributed by atoms with Crippen LogP contribution in [0.5, 0.6) is 0 Å². The van der Waals surface area contributed by atoms with Gasteiger partial charge >= 0.3 is 6.09 Å². The highest BCUT2D eigenvalue weighted by atomic mass is 16.5. The topological polar surface area (TPSA) is 83.8 Å². The summed E-state index contributed by atoms with van der Waals surface area (Å²) < 4.78 is 10.5. The first-order valence-electron chi connectivity index (χ1n) is 8.58. The lowest BCUT2D eigenvalue weighted by molar-refractivity contribution is -0.121. The molecule has 0 aromatic carbocycles. The monoisotopic (exact) mass is 337 g/mol. The summed E-state index contributed by atoms with van der Waals surface area (Å²) >= 11 is 0. The van der Waals surface area contributed by atoms with Gasteiger partial charge in [-0.15, -0.1) is 0 Å². The largest absolute Gasteiger partial charge is 0.465 e.